The minimum atomic E-state index is -0.287. The second-order valence-corrected chi connectivity index (χ2v) is 5.81. The Bertz CT molecular complexity index is 875. The zero-order valence-corrected chi connectivity index (χ0v) is 14.4. The van der Waals surface area contributed by atoms with E-state index in [0.29, 0.717) is 18.9 Å². The lowest BCUT2D eigenvalue weighted by molar-refractivity contribution is -0.139. The Morgan fingerprint density at radius 3 is 2.58 bits per heavy atom. The molecule has 0 aliphatic rings. The first-order valence-corrected chi connectivity index (χ1v) is 8.17. The number of halogens is 1. The summed E-state index contributed by atoms with van der Waals surface area (Å²) in [5.41, 5.74) is 2.74. The molecule has 2 aromatic carbocycles. The normalized spacial score (nSPS) is 10.5. The van der Waals surface area contributed by atoms with Crippen LogP contribution in [0.5, 0.6) is 5.75 Å². The number of carbonyl (C=O) groups excluding carboxylic acids is 1. The number of benzene rings is 2. The van der Waals surface area contributed by atoms with Gasteiger partial charge in [-0.3, -0.25) is 9.48 Å². The van der Waals surface area contributed by atoms with E-state index >= 15 is 0 Å². The highest BCUT2D eigenvalue weighted by atomic mass is 19.1. The van der Waals surface area contributed by atoms with Crippen molar-refractivity contribution in [2.45, 2.75) is 19.6 Å². The van der Waals surface area contributed by atoms with Crippen LogP contribution in [-0.4, -0.2) is 22.9 Å². The van der Waals surface area contributed by atoms with Gasteiger partial charge in [-0.25, -0.2) is 4.39 Å². The maximum Gasteiger partial charge on any atom is 0.309 e. The van der Waals surface area contributed by atoms with Crippen LogP contribution >= 0.6 is 0 Å². The summed E-state index contributed by atoms with van der Waals surface area (Å²) in [5.74, 6) is 0.0772. The van der Waals surface area contributed by atoms with E-state index in [0.717, 1.165) is 16.7 Å². The van der Waals surface area contributed by atoms with Crippen molar-refractivity contribution in [1.82, 2.24) is 9.78 Å². The van der Waals surface area contributed by atoms with E-state index in [9.17, 15) is 9.18 Å². The fourth-order valence-corrected chi connectivity index (χ4v) is 2.54. The monoisotopic (exact) mass is 354 g/mol. The first kappa shape index (κ1) is 17.7. The van der Waals surface area contributed by atoms with Crippen LogP contribution in [0.15, 0.2) is 60.9 Å². The molecule has 0 saturated heterocycles. The van der Waals surface area contributed by atoms with Gasteiger partial charge >= 0.3 is 5.97 Å². The highest BCUT2D eigenvalue weighted by Gasteiger charge is 2.09. The zero-order valence-electron chi connectivity index (χ0n) is 14.4. The molecule has 0 atom stereocenters. The molecule has 134 valence electrons. The van der Waals surface area contributed by atoms with E-state index in [1.807, 2.05) is 24.3 Å². The Morgan fingerprint density at radius 2 is 1.85 bits per heavy atom. The second-order valence-electron chi connectivity index (χ2n) is 5.81. The quantitative estimate of drug-likeness (QED) is 0.611. The third-order valence-corrected chi connectivity index (χ3v) is 3.94. The Morgan fingerprint density at radius 1 is 1.12 bits per heavy atom. The van der Waals surface area contributed by atoms with E-state index in [-0.39, 0.29) is 18.2 Å². The molecule has 0 saturated carbocycles. The highest BCUT2D eigenvalue weighted by Crippen LogP contribution is 2.16. The average Bonchev–Trinajstić information content (AvgIpc) is 3.10. The molecule has 0 N–H and O–H groups in total. The molecular formula is C20H19FN2O3. The molecule has 3 rings (SSSR count). The summed E-state index contributed by atoms with van der Waals surface area (Å²) in [6.45, 7) is 0.859. The number of ether oxygens (including phenoxy) is 2. The molecule has 0 bridgehead atoms. The van der Waals surface area contributed by atoms with E-state index < -0.39 is 0 Å². The molecule has 3 aromatic rings. The molecule has 0 unspecified atom stereocenters. The van der Waals surface area contributed by atoms with Gasteiger partial charge in [-0.2, -0.15) is 5.10 Å². The maximum absolute atomic E-state index is 13.0. The van der Waals surface area contributed by atoms with Crippen molar-refractivity contribution in [3.63, 3.8) is 0 Å². The number of methoxy groups -OCH3 is 1. The molecule has 5 nitrogen and oxygen atoms in total. The smallest absolute Gasteiger partial charge is 0.309 e. The van der Waals surface area contributed by atoms with Crippen LogP contribution < -0.4 is 4.74 Å². The summed E-state index contributed by atoms with van der Waals surface area (Å²) < 4.78 is 25.2. The van der Waals surface area contributed by atoms with Crippen molar-refractivity contribution < 1.29 is 18.7 Å². The van der Waals surface area contributed by atoms with Gasteiger partial charge in [-0.1, -0.05) is 36.4 Å². The average molecular weight is 354 g/mol. The number of hydrogen-bond donors (Lipinski definition) is 0. The molecule has 0 fully saturated rings. The number of carbonyl (C=O) groups is 1. The third-order valence-electron chi connectivity index (χ3n) is 3.94. The van der Waals surface area contributed by atoms with Crippen molar-refractivity contribution in [3.8, 4) is 5.75 Å². The van der Waals surface area contributed by atoms with Crippen molar-refractivity contribution in [2.75, 3.05) is 7.11 Å². The summed E-state index contributed by atoms with van der Waals surface area (Å²) >= 11 is 0. The number of nitrogens with zero attached hydrogens (tertiary/aromatic N) is 2. The number of rotatable bonds is 7. The Balaban J connectivity index is 1.61. The van der Waals surface area contributed by atoms with E-state index in [2.05, 4.69) is 5.10 Å². The molecule has 0 spiro atoms. The number of aromatic nitrogens is 2. The van der Waals surface area contributed by atoms with Crippen molar-refractivity contribution in [3.05, 3.63) is 83.4 Å². The molecule has 1 aromatic heterocycles. The lowest BCUT2D eigenvalue weighted by atomic mass is 10.1. The lowest BCUT2D eigenvalue weighted by Crippen LogP contribution is -2.08. The largest absolute Gasteiger partial charge is 0.486 e. The van der Waals surface area contributed by atoms with Crippen LogP contribution in [0.25, 0.3) is 0 Å². The minimum absolute atomic E-state index is 0.208. The van der Waals surface area contributed by atoms with Crippen molar-refractivity contribution in [2.24, 2.45) is 0 Å². The van der Waals surface area contributed by atoms with Crippen LogP contribution in [-0.2, 0) is 29.1 Å². The fourth-order valence-electron chi connectivity index (χ4n) is 2.54. The summed E-state index contributed by atoms with van der Waals surface area (Å²) in [6.07, 6.45) is 3.62. The van der Waals surface area contributed by atoms with Crippen LogP contribution in [0, 0.1) is 5.82 Å². The molecule has 6 heteroatoms. The van der Waals surface area contributed by atoms with Gasteiger partial charge in [0.1, 0.15) is 12.4 Å². The Hall–Kier alpha value is -3.15. The molecule has 0 amide bonds. The third kappa shape index (κ3) is 4.69. The molecular weight excluding hydrogens is 335 g/mol. The first-order chi connectivity index (χ1) is 12.6. The highest BCUT2D eigenvalue weighted by molar-refractivity contribution is 5.72. The second kappa shape index (κ2) is 8.29. The van der Waals surface area contributed by atoms with Crippen LogP contribution in [0.3, 0.4) is 0 Å². The first-order valence-electron chi connectivity index (χ1n) is 8.17. The summed E-state index contributed by atoms with van der Waals surface area (Å²) in [4.78, 5) is 11.5. The standard InChI is InChI=1S/C20H19FN2O3/c1-25-20(24)10-16-4-2-3-5-17(16)14-26-19-11-22-23(13-19)12-15-6-8-18(21)9-7-15/h2-9,11,13H,10,12,14H2,1H3. The number of esters is 1. The topological polar surface area (TPSA) is 53.4 Å². The van der Waals surface area contributed by atoms with Gasteiger partial charge in [0.2, 0.25) is 0 Å². The van der Waals surface area contributed by atoms with E-state index in [1.54, 1.807) is 29.2 Å². The van der Waals surface area contributed by atoms with Gasteiger partial charge in [-0.15, -0.1) is 0 Å². The molecule has 26 heavy (non-hydrogen) atoms. The van der Waals surface area contributed by atoms with Crippen LogP contribution in [0.4, 0.5) is 4.39 Å². The van der Waals surface area contributed by atoms with Gasteiger partial charge in [-0.05, 0) is 28.8 Å². The van der Waals surface area contributed by atoms with Gasteiger partial charge < -0.3 is 9.47 Å². The number of hydrogen-bond acceptors (Lipinski definition) is 4. The Kier molecular flexibility index (Phi) is 5.63. The SMILES string of the molecule is COC(=O)Cc1ccccc1COc1cnn(Cc2ccc(F)cc2)c1. The predicted molar refractivity (Wildman–Crippen MR) is 94.2 cm³/mol. The lowest BCUT2D eigenvalue weighted by Gasteiger charge is -2.09. The Labute approximate surface area is 151 Å². The fraction of sp³-hybridized carbons (Fsp3) is 0.200. The van der Waals surface area contributed by atoms with Crippen molar-refractivity contribution >= 4 is 5.97 Å². The van der Waals surface area contributed by atoms with Crippen LogP contribution in [0.2, 0.25) is 0 Å². The predicted octanol–water partition coefficient (Wildman–Crippen LogP) is 3.37. The van der Waals surface area contributed by atoms with Crippen molar-refractivity contribution in [1.29, 1.82) is 0 Å². The molecule has 0 aliphatic heterocycles. The molecule has 0 aliphatic carbocycles. The molecule has 0 radical (unpaired) electrons. The molecule has 1 heterocycles. The zero-order chi connectivity index (χ0) is 18.4. The van der Waals surface area contributed by atoms with Crippen LogP contribution in [0.1, 0.15) is 16.7 Å². The summed E-state index contributed by atoms with van der Waals surface area (Å²) in [5, 5.41) is 4.25. The summed E-state index contributed by atoms with van der Waals surface area (Å²) in [7, 11) is 1.37. The van der Waals surface area contributed by atoms with E-state index in [1.165, 1.54) is 19.2 Å². The van der Waals surface area contributed by atoms with E-state index in [4.69, 9.17) is 9.47 Å². The maximum atomic E-state index is 13.0. The summed E-state index contributed by atoms with van der Waals surface area (Å²) in [6, 6.07) is 13.9. The minimum Gasteiger partial charge on any atom is -0.486 e. The van der Waals surface area contributed by atoms with Gasteiger partial charge in [0, 0.05) is 0 Å². The van der Waals surface area contributed by atoms with Gasteiger partial charge in [0.25, 0.3) is 0 Å². The van der Waals surface area contributed by atoms with Gasteiger partial charge in [0.15, 0.2) is 5.75 Å². The van der Waals surface area contributed by atoms with Gasteiger partial charge in [0.05, 0.1) is 32.5 Å².